The van der Waals surface area contributed by atoms with Crippen LogP contribution in [0, 0.1) is 0 Å². The number of nitrogens with one attached hydrogen (secondary N) is 3. The molecule has 0 aliphatic carbocycles. The average Bonchev–Trinajstić information content (AvgIpc) is 2.73. The van der Waals surface area contributed by atoms with Crippen molar-refractivity contribution >= 4 is 23.2 Å². The summed E-state index contributed by atoms with van der Waals surface area (Å²) < 4.78 is 37.6. The minimum Gasteiger partial charge on any atom is -0.367 e. The molecule has 7 nitrogen and oxygen atoms in total. The van der Waals surface area contributed by atoms with Crippen LogP contribution in [0.1, 0.15) is 11.1 Å². The van der Waals surface area contributed by atoms with E-state index in [0.717, 1.165) is 17.8 Å². The first kappa shape index (κ1) is 21.0. The summed E-state index contributed by atoms with van der Waals surface area (Å²) in [5, 5.41) is 16.9. The molecule has 0 spiro atoms. The highest BCUT2D eigenvalue weighted by atomic mass is 19.4. The number of hydrogen-bond donors (Lipinski definition) is 3. The number of aromatic nitrogens is 3. The number of anilines is 3. The second kappa shape index (κ2) is 9.68. The summed E-state index contributed by atoms with van der Waals surface area (Å²) in [5.74, 6) is 0.834. The monoisotopic (exact) mass is 416 g/mol. The lowest BCUT2D eigenvalue weighted by Crippen LogP contribution is -2.30. The van der Waals surface area contributed by atoms with Crippen molar-refractivity contribution in [2.75, 3.05) is 23.7 Å². The maximum atomic E-state index is 12.5. The first-order chi connectivity index (χ1) is 14.4. The predicted octanol–water partition coefficient (Wildman–Crippen LogP) is 3.40. The van der Waals surface area contributed by atoms with Crippen molar-refractivity contribution in [2.45, 2.75) is 12.6 Å². The predicted molar refractivity (Wildman–Crippen MR) is 106 cm³/mol. The van der Waals surface area contributed by atoms with Crippen LogP contribution in [0.5, 0.6) is 0 Å². The maximum Gasteiger partial charge on any atom is 0.416 e. The van der Waals surface area contributed by atoms with Crippen LogP contribution in [0.4, 0.5) is 30.5 Å². The molecular formula is C20H19F3N6O. The van der Waals surface area contributed by atoms with Gasteiger partial charge in [0.1, 0.15) is 5.82 Å². The molecular weight excluding hydrogens is 397 g/mol. The highest BCUT2D eigenvalue weighted by Gasteiger charge is 2.29. The molecule has 3 N–H and O–H groups in total. The molecule has 1 amide bonds. The van der Waals surface area contributed by atoms with E-state index in [0.29, 0.717) is 30.3 Å². The number of carbonyl (C=O) groups excluding carboxylic acids is 1. The molecule has 0 aliphatic rings. The Morgan fingerprint density at radius 1 is 0.933 bits per heavy atom. The highest BCUT2D eigenvalue weighted by Crippen LogP contribution is 2.29. The number of alkyl halides is 3. The van der Waals surface area contributed by atoms with Crippen LogP contribution >= 0.6 is 0 Å². The average molecular weight is 416 g/mol. The first-order valence-electron chi connectivity index (χ1n) is 9.07. The fourth-order valence-corrected chi connectivity index (χ4v) is 2.53. The smallest absolute Gasteiger partial charge is 0.367 e. The van der Waals surface area contributed by atoms with Crippen LogP contribution in [0.3, 0.4) is 0 Å². The summed E-state index contributed by atoms with van der Waals surface area (Å²) in [5.41, 5.74) is 0.568. The normalized spacial score (nSPS) is 11.0. The second-order valence-electron chi connectivity index (χ2n) is 6.32. The van der Waals surface area contributed by atoms with Crippen molar-refractivity contribution < 1.29 is 18.0 Å². The van der Waals surface area contributed by atoms with Crippen molar-refractivity contribution in [3.05, 3.63) is 72.1 Å². The molecule has 156 valence electrons. The largest absolute Gasteiger partial charge is 0.416 e. The summed E-state index contributed by atoms with van der Waals surface area (Å²) in [6, 6.07) is 11.7. The molecule has 2 aromatic heterocycles. The van der Waals surface area contributed by atoms with E-state index >= 15 is 0 Å². The molecule has 30 heavy (non-hydrogen) atoms. The Morgan fingerprint density at radius 3 is 2.30 bits per heavy atom. The first-order valence-corrected chi connectivity index (χ1v) is 9.07. The third-order valence-corrected chi connectivity index (χ3v) is 4.00. The second-order valence-corrected chi connectivity index (χ2v) is 6.32. The van der Waals surface area contributed by atoms with Crippen LogP contribution in [-0.4, -0.2) is 34.2 Å². The molecule has 0 bridgehead atoms. The molecule has 0 unspecified atom stereocenters. The lowest BCUT2D eigenvalue weighted by atomic mass is 10.1. The van der Waals surface area contributed by atoms with E-state index in [2.05, 4.69) is 31.1 Å². The van der Waals surface area contributed by atoms with Gasteiger partial charge in [0.25, 0.3) is 0 Å². The van der Waals surface area contributed by atoms with Gasteiger partial charge in [-0.25, -0.2) is 0 Å². The molecule has 0 saturated heterocycles. The van der Waals surface area contributed by atoms with E-state index in [4.69, 9.17) is 0 Å². The molecule has 0 radical (unpaired) electrons. The van der Waals surface area contributed by atoms with Gasteiger partial charge in [0, 0.05) is 19.3 Å². The van der Waals surface area contributed by atoms with Crippen LogP contribution in [0.2, 0.25) is 0 Å². The molecule has 0 fully saturated rings. The zero-order valence-corrected chi connectivity index (χ0v) is 15.8. The van der Waals surface area contributed by atoms with E-state index in [1.165, 1.54) is 12.1 Å². The van der Waals surface area contributed by atoms with Gasteiger partial charge in [-0.05, 0) is 42.0 Å². The Kier molecular flexibility index (Phi) is 6.79. The Labute approximate surface area is 170 Å². The molecule has 10 heteroatoms. The lowest BCUT2D eigenvalue weighted by molar-refractivity contribution is -0.137. The van der Waals surface area contributed by atoms with E-state index in [1.807, 2.05) is 6.07 Å². The van der Waals surface area contributed by atoms with Gasteiger partial charge < -0.3 is 16.0 Å². The Morgan fingerprint density at radius 2 is 1.67 bits per heavy atom. The SMILES string of the molecule is O=C(Cc1ccc(C(F)(F)F)cc1)NCCNc1ccc(Nc2cccnc2)nn1. The van der Waals surface area contributed by atoms with Crippen molar-refractivity contribution in [1.29, 1.82) is 0 Å². The Hall–Kier alpha value is -3.69. The molecule has 1 aromatic carbocycles. The third kappa shape index (κ3) is 6.43. The summed E-state index contributed by atoms with van der Waals surface area (Å²) >= 11 is 0. The van der Waals surface area contributed by atoms with E-state index in [-0.39, 0.29) is 12.3 Å². The van der Waals surface area contributed by atoms with Gasteiger partial charge in [-0.3, -0.25) is 9.78 Å². The Bertz CT molecular complexity index is 947. The number of amides is 1. The Balaban J connectivity index is 1.37. The number of halogens is 3. The van der Waals surface area contributed by atoms with Crippen LogP contribution in [-0.2, 0) is 17.4 Å². The van der Waals surface area contributed by atoms with E-state index in [9.17, 15) is 18.0 Å². The minimum absolute atomic E-state index is 0.00660. The minimum atomic E-state index is -4.39. The van der Waals surface area contributed by atoms with Gasteiger partial charge in [-0.15, -0.1) is 10.2 Å². The summed E-state index contributed by atoms with van der Waals surface area (Å²) in [6.45, 7) is 0.750. The van der Waals surface area contributed by atoms with Crippen molar-refractivity contribution in [1.82, 2.24) is 20.5 Å². The van der Waals surface area contributed by atoms with Gasteiger partial charge in [0.2, 0.25) is 5.91 Å². The van der Waals surface area contributed by atoms with Gasteiger partial charge in [-0.2, -0.15) is 13.2 Å². The van der Waals surface area contributed by atoms with E-state index in [1.54, 1.807) is 30.6 Å². The lowest BCUT2D eigenvalue weighted by Gasteiger charge is -2.09. The van der Waals surface area contributed by atoms with Gasteiger partial charge in [-0.1, -0.05) is 12.1 Å². The van der Waals surface area contributed by atoms with Crippen LogP contribution in [0.25, 0.3) is 0 Å². The molecule has 0 saturated carbocycles. The number of hydrogen-bond acceptors (Lipinski definition) is 6. The zero-order valence-electron chi connectivity index (χ0n) is 15.8. The van der Waals surface area contributed by atoms with Gasteiger partial charge in [0.05, 0.1) is 23.9 Å². The van der Waals surface area contributed by atoms with E-state index < -0.39 is 11.7 Å². The molecule has 3 aromatic rings. The number of nitrogens with zero attached hydrogens (tertiary/aromatic N) is 3. The molecule has 2 heterocycles. The van der Waals surface area contributed by atoms with Crippen molar-refractivity contribution in [2.24, 2.45) is 0 Å². The fraction of sp³-hybridized carbons (Fsp3) is 0.200. The summed E-state index contributed by atoms with van der Waals surface area (Å²) in [6.07, 6.45) is -1.04. The van der Waals surface area contributed by atoms with Gasteiger partial charge in [0.15, 0.2) is 5.82 Å². The topological polar surface area (TPSA) is 91.8 Å². The molecule has 3 rings (SSSR count). The van der Waals surface area contributed by atoms with Crippen LogP contribution in [0.15, 0.2) is 60.9 Å². The number of benzene rings is 1. The fourth-order valence-electron chi connectivity index (χ4n) is 2.53. The van der Waals surface area contributed by atoms with Gasteiger partial charge >= 0.3 is 6.18 Å². The third-order valence-electron chi connectivity index (χ3n) is 4.00. The van der Waals surface area contributed by atoms with Crippen molar-refractivity contribution in [3.63, 3.8) is 0 Å². The molecule has 0 aliphatic heterocycles. The quantitative estimate of drug-likeness (QED) is 0.488. The number of rotatable bonds is 8. The van der Waals surface area contributed by atoms with Crippen LogP contribution < -0.4 is 16.0 Å². The summed E-state index contributed by atoms with van der Waals surface area (Å²) in [7, 11) is 0. The number of carbonyl (C=O) groups is 1. The number of pyridine rings is 1. The maximum absolute atomic E-state index is 12.5. The highest BCUT2D eigenvalue weighted by molar-refractivity contribution is 5.78. The zero-order chi connectivity index (χ0) is 21.4. The standard InChI is InChI=1S/C20H19F3N6O/c21-20(22,23)15-5-3-14(4-6-15)12-19(30)26-11-10-25-17-7-8-18(29-28-17)27-16-2-1-9-24-13-16/h1-9,13H,10-12H2,(H,25,28)(H,26,30)(H,27,29). The molecule has 0 atom stereocenters. The summed E-state index contributed by atoms with van der Waals surface area (Å²) in [4.78, 5) is 15.9. The van der Waals surface area contributed by atoms with Crippen molar-refractivity contribution in [3.8, 4) is 0 Å².